The van der Waals surface area contributed by atoms with Gasteiger partial charge < -0.3 is 5.32 Å². The third kappa shape index (κ3) is 4.58. The highest BCUT2D eigenvalue weighted by Crippen LogP contribution is 2.27. The van der Waals surface area contributed by atoms with E-state index in [9.17, 15) is 13.2 Å². The Hall–Kier alpha value is -1.03. The molecule has 0 saturated carbocycles. The molecular weight excluding hydrogens is 378 g/mol. The number of hydrogen-bond acceptors (Lipinski definition) is 6. The second-order valence-electron chi connectivity index (χ2n) is 5.88. The number of thioether (sulfide) groups is 2. The molecule has 2 heterocycles. The maximum absolute atomic E-state index is 12.5. The molecule has 1 aromatic carbocycles. The minimum absolute atomic E-state index is 0.115. The van der Waals surface area contributed by atoms with Gasteiger partial charge in [-0.15, -0.1) is 0 Å². The molecule has 2 aliphatic rings. The van der Waals surface area contributed by atoms with E-state index in [1.54, 1.807) is 36.0 Å². The van der Waals surface area contributed by atoms with Crippen molar-refractivity contribution in [1.29, 1.82) is 0 Å². The van der Waals surface area contributed by atoms with Gasteiger partial charge in [0, 0.05) is 24.5 Å². The van der Waals surface area contributed by atoms with Gasteiger partial charge in [-0.1, -0.05) is 23.5 Å². The van der Waals surface area contributed by atoms with Crippen molar-refractivity contribution in [2.45, 2.75) is 29.9 Å². The Balaban J connectivity index is 1.61. The Morgan fingerprint density at radius 3 is 2.56 bits per heavy atom. The van der Waals surface area contributed by atoms with Crippen LogP contribution in [0, 0.1) is 0 Å². The molecule has 6 nitrogen and oxygen atoms in total. The van der Waals surface area contributed by atoms with Crippen molar-refractivity contribution in [3.8, 4) is 0 Å². The van der Waals surface area contributed by atoms with Crippen LogP contribution in [-0.4, -0.2) is 53.6 Å². The van der Waals surface area contributed by atoms with Gasteiger partial charge in [-0.05, 0) is 44.0 Å². The quantitative estimate of drug-likeness (QED) is 0.823. The summed E-state index contributed by atoms with van der Waals surface area (Å²) in [6.45, 7) is 3.82. The molecule has 1 aromatic rings. The fourth-order valence-electron chi connectivity index (χ4n) is 2.62. The lowest BCUT2D eigenvalue weighted by Gasteiger charge is -2.16. The maximum atomic E-state index is 12.5. The predicted molar refractivity (Wildman–Crippen MR) is 105 cm³/mol. The molecule has 1 N–H and O–H groups in total. The zero-order valence-electron chi connectivity index (χ0n) is 14.0. The number of carbonyl (C=O) groups is 1. The lowest BCUT2D eigenvalue weighted by atomic mass is 10.3. The molecule has 1 fully saturated rings. The first-order valence-electron chi connectivity index (χ1n) is 8.22. The zero-order chi connectivity index (χ0) is 17.9. The van der Waals surface area contributed by atoms with Crippen LogP contribution in [-0.2, 0) is 14.8 Å². The second-order valence-corrected chi connectivity index (χ2v) is 10.5. The lowest BCUT2D eigenvalue weighted by molar-refractivity contribution is -0.115. The van der Waals surface area contributed by atoms with Crippen molar-refractivity contribution in [3.05, 3.63) is 24.3 Å². The summed E-state index contributed by atoms with van der Waals surface area (Å²) in [6, 6.07) is 6.39. The van der Waals surface area contributed by atoms with Gasteiger partial charge >= 0.3 is 0 Å². The summed E-state index contributed by atoms with van der Waals surface area (Å²) >= 11 is 3.13. The monoisotopic (exact) mass is 399 g/mol. The highest BCUT2D eigenvalue weighted by molar-refractivity contribution is 8.39. The van der Waals surface area contributed by atoms with E-state index in [-0.39, 0.29) is 16.1 Å². The summed E-state index contributed by atoms with van der Waals surface area (Å²) in [4.78, 5) is 16.9. The first-order chi connectivity index (χ1) is 12.0. The van der Waals surface area contributed by atoms with Crippen molar-refractivity contribution >= 4 is 49.5 Å². The molecular formula is C16H21N3O3S3. The van der Waals surface area contributed by atoms with Crippen molar-refractivity contribution < 1.29 is 13.2 Å². The number of hydrogen-bond donors (Lipinski definition) is 1. The van der Waals surface area contributed by atoms with Crippen molar-refractivity contribution in [2.75, 3.05) is 30.7 Å². The zero-order valence-corrected chi connectivity index (χ0v) is 16.4. The van der Waals surface area contributed by atoms with Crippen LogP contribution in [0.4, 0.5) is 5.69 Å². The van der Waals surface area contributed by atoms with Gasteiger partial charge in [0.15, 0.2) is 0 Å². The standard InChI is InChI=1S/C16H21N3O3S3/c1-12(24-16-17-8-11-23-16)15(20)18-13-4-6-14(7-5-13)25(21,22)19-9-2-3-10-19/h4-7,12H,2-3,8-11H2,1H3,(H,18,20)/t12-/m1/s1. The van der Waals surface area contributed by atoms with E-state index in [0.29, 0.717) is 18.8 Å². The summed E-state index contributed by atoms with van der Waals surface area (Å²) in [7, 11) is -3.42. The van der Waals surface area contributed by atoms with Gasteiger partial charge in [-0.3, -0.25) is 9.79 Å². The molecule has 0 aromatic heterocycles. The topological polar surface area (TPSA) is 78.8 Å². The molecule has 25 heavy (non-hydrogen) atoms. The molecule has 2 aliphatic heterocycles. The fourth-order valence-corrected chi connectivity index (χ4v) is 6.27. The molecule has 136 valence electrons. The molecule has 1 atom stereocenters. The van der Waals surface area contributed by atoms with E-state index in [4.69, 9.17) is 0 Å². The van der Waals surface area contributed by atoms with Gasteiger partial charge in [0.05, 0.1) is 16.7 Å². The number of nitrogens with one attached hydrogen (secondary N) is 1. The fraction of sp³-hybridized carbons (Fsp3) is 0.500. The minimum Gasteiger partial charge on any atom is -0.325 e. The van der Waals surface area contributed by atoms with Gasteiger partial charge in [0.1, 0.15) is 4.38 Å². The van der Waals surface area contributed by atoms with Crippen molar-refractivity contribution in [3.63, 3.8) is 0 Å². The summed E-state index contributed by atoms with van der Waals surface area (Å²) in [6.07, 6.45) is 1.82. The first kappa shape index (κ1) is 18.8. The third-order valence-electron chi connectivity index (χ3n) is 4.03. The number of anilines is 1. The van der Waals surface area contributed by atoms with Crippen molar-refractivity contribution in [1.82, 2.24) is 4.31 Å². The Kier molecular flexibility index (Phi) is 6.08. The molecule has 0 aliphatic carbocycles. The van der Waals surface area contributed by atoms with E-state index < -0.39 is 10.0 Å². The molecule has 1 saturated heterocycles. The third-order valence-corrected chi connectivity index (χ3v) is 8.25. The summed E-state index contributed by atoms with van der Waals surface area (Å²) < 4.78 is 27.4. The number of sulfonamides is 1. The van der Waals surface area contributed by atoms with Gasteiger partial charge in [-0.25, -0.2) is 8.42 Å². The average Bonchev–Trinajstić information content (AvgIpc) is 3.29. The summed E-state index contributed by atoms with van der Waals surface area (Å²) in [5.41, 5.74) is 0.596. The van der Waals surface area contributed by atoms with Gasteiger partial charge in [0.2, 0.25) is 15.9 Å². The summed E-state index contributed by atoms with van der Waals surface area (Å²) in [5.74, 6) is 0.860. The van der Waals surface area contributed by atoms with Crippen LogP contribution in [0.1, 0.15) is 19.8 Å². The highest BCUT2D eigenvalue weighted by Gasteiger charge is 2.27. The number of amides is 1. The van der Waals surface area contributed by atoms with E-state index in [1.165, 1.54) is 16.1 Å². The van der Waals surface area contributed by atoms with E-state index in [2.05, 4.69) is 10.3 Å². The first-order valence-corrected chi connectivity index (χ1v) is 11.5. The molecule has 3 rings (SSSR count). The number of rotatable bonds is 5. The van der Waals surface area contributed by atoms with E-state index in [0.717, 1.165) is 29.5 Å². The Morgan fingerprint density at radius 1 is 1.28 bits per heavy atom. The van der Waals surface area contributed by atoms with E-state index >= 15 is 0 Å². The van der Waals surface area contributed by atoms with Gasteiger partial charge in [0.25, 0.3) is 0 Å². The van der Waals surface area contributed by atoms with Crippen molar-refractivity contribution in [2.24, 2.45) is 4.99 Å². The Bertz CT molecular complexity index is 757. The van der Waals surface area contributed by atoms with Crippen LogP contribution in [0.2, 0.25) is 0 Å². The molecule has 0 bridgehead atoms. The second kappa shape index (κ2) is 8.11. The normalized spacial score (nSPS) is 19.6. The molecule has 1 amide bonds. The molecule has 9 heteroatoms. The maximum Gasteiger partial charge on any atom is 0.243 e. The SMILES string of the molecule is C[C@@H](SC1=NCCS1)C(=O)Nc1ccc(S(=O)(=O)N2CCCC2)cc1. The Labute approximate surface area is 156 Å². The van der Waals surface area contributed by atoms with Crippen LogP contribution in [0.15, 0.2) is 34.2 Å². The smallest absolute Gasteiger partial charge is 0.243 e. The Morgan fingerprint density at radius 2 is 1.96 bits per heavy atom. The number of benzene rings is 1. The van der Waals surface area contributed by atoms with Crippen LogP contribution in [0.3, 0.4) is 0 Å². The number of nitrogens with zero attached hydrogens (tertiary/aromatic N) is 2. The van der Waals surface area contributed by atoms with E-state index in [1.807, 2.05) is 6.92 Å². The summed E-state index contributed by atoms with van der Waals surface area (Å²) in [5, 5.41) is 2.58. The molecule has 0 unspecified atom stereocenters. The molecule has 0 spiro atoms. The lowest BCUT2D eigenvalue weighted by Crippen LogP contribution is -2.28. The van der Waals surface area contributed by atoms with Gasteiger partial charge in [-0.2, -0.15) is 4.31 Å². The van der Waals surface area contributed by atoms with Crippen LogP contribution < -0.4 is 5.32 Å². The number of aliphatic imine (C=N–C) groups is 1. The largest absolute Gasteiger partial charge is 0.325 e. The average molecular weight is 400 g/mol. The molecule has 0 radical (unpaired) electrons. The minimum atomic E-state index is -3.42. The highest BCUT2D eigenvalue weighted by atomic mass is 32.2. The van der Waals surface area contributed by atoms with Crippen LogP contribution in [0.5, 0.6) is 0 Å². The predicted octanol–water partition coefficient (Wildman–Crippen LogP) is 2.63. The van der Waals surface area contributed by atoms with Crippen LogP contribution >= 0.6 is 23.5 Å². The number of carbonyl (C=O) groups excluding carboxylic acids is 1. The van der Waals surface area contributed by atoms with Crippen LogP contribution in [0.25, 0.3) is 0 Å².